The van der Waals surface area contributed by atoms with Gasteiger partial charge in [0, 0.05) is 13.5 Å². The van der Waals surface area contributed by atoms with Crippen LogP contribution in [0.25, 0.3) is 0 Å². The van der Waals surface area contributed by atoms with E-state index in [1.165, 1.54) is 30.5 Å². The molecule has 15 heavy (non-hydrogen) atoms. The van der Waals surface area contributed by atoms with Gasteiger partial charge >= 0.3 is 6.09 Å². The van der Waals surface area contributed by atoms with Gasteiger partial charge in [0.05, 0.1) is 8.96 Å². The average Bonchev–Trinajstić information content (AvgIpc) is 2.29. The molecule has 1 aromatic rings. The number of carbonyl (C=O) groups is 1. The number of amides is 1. The maximum Gasteiger partial charge on any atom is 0.407 e. The van der Waals surface area contributed by atoms with E-state index >= 15 is 0 Å². The zero-order valence-electron chi connectivity index (χ0n) is 10.1. The second-order valence-electron chi connectivity index (χ2n) is 2.82. The van der Waals surface area contributed by atoms with Crippen molar-refractivity contribution in [1.29, 1.82) is 0 Å². The second kappa shape index (κ2) is 4.99. The molecule has 0 aliphatic rings. The van der Waals surface area contributed by atoms with Crippen LogP contribution in [0.2, 0.25) is 0 Å². The summed E-state index contributed by atoms with van der Waals surface area (Å²) in [6.45, 7) is -2.11. The molecule has 0 spiro atoms. The fourth-order valence-corrected chi connectivity index (χ4v) is 0.952. The number of hydrogen-bond donors (Lipinski definition) is 2. The second-order valence-corrected chi connectivity index (χ2v) is 2.82. The van der Waals surface area contributed by atoms with Gasteiger partial charge in [0.1, 0.15) is 0 Å². The highest BCUT2D eigenvalue weighted by Gasteiger charge is 2.05. The maximum absolute atomic E-state index is 10.7. The van der Waals surface area contributed by atoms with Crippen molar-refractivity contribution in [3.63, 3.8) is 0 Å². The van der Waals surface area contributed by atoms with Gasteiger partial charge in [-0.15, -0.1) is 0 Å². The van der Waals surface area contributed by atoms with Crippen LogP contribution in [-0.4, -0.2) is 34.6 Å². The topological polar surface area (TPSA) is 73.1 Å². The Kier molecular flexibility index (Phi) is 2.76. The van der Waals surface area contributed by atoms with Gasteiger partial charge in [0.25, 0.3) is 0 Å². The van der Waals surface area contributed by atoms with Gasteiger partial charge in [-0.1, -0.05) is 29.4 Å². The van der Waals surface area contributed by atoms with Crippen molar-refractivity contribution >= 4 is 12.3 Å². The monoisotopic (exact) mass is 210 g/mol. The van der Waals surface area contributed by atoms with E-state index in [1.54, 1.807) is 0 Å². The van der Waals surface area contributed by atoms with Gasteiger partial charge < -0.3 is 15.2 Å². The fraction of sp³-hybridized carbons (Fsp3) is 0.200. The Bertz CT molecular complexity index is 432. The van der Waals surface area contributed by atoms with Crippen LogP contribution in [0, 0.1) is 0 Å². The van der Waals surface area contributed by atoms with Gasteiger partial charge in [0.2, 0.25) is 0 Å². The standard InChI is InChI=1S/C10H12N2O3/c1-12(10(13)14)7-9-4-2-8(3-5-9)6-11-15/h2-6,15H,7H2,1H3,(H,13,14)/b11-6-/i7D2. The van der Waals surface area contributed by atoms with Gasteiger partial charge in [-0.3, -0.25) is 0 Å². The van der Waals surface area contributed by atoms with Crippen LogP contribution in [0.5, 0.6) is 0 Å². The summed E-state index contributed by atoms with van der Waals surface area (Å²) in [4.78, 5) is 11.3. The number of nitrogens with zero attached hydrogens (tertiary/aromatic N) is 2. The summed E-state index contributed by atoms with van der Waals surface area (Å²) in [6.07, 6.45) is -0.156. The van der Waals surface area contributed by atoms with Crippen molar-refractivity contribution in [2.24, 2.45) is 5.16 Å². The first-order chi connectivity index (χ1) is 7.89. The van der Waals surface area contributed by atoms with Gasteiger partial charge in [-0.2, -0.15) is 0 Å². The molecule has 1 aromatic carbocycles. The zero-order chi connectivity index (χ0) is 13.1. The van der Waals surface area contributed by atoms with E-state index in [0.717, 1.165) is 7.05 Å². The molecule has 1 amide bonds. The first kappa shape index (κ1) is 8.28. The van der Waals surface area contributed by atoms with Crippen molar-refractivity contribution in [3.05, 3.63) is 35.4 Å². The smallest absolute Gasteiger partial charge is 0.407 e. The molecular weight excluding hydrogens is 196 g/mol. The third-order valence-electron chi connectivity index (χ3n) is 1.70. The van der Waals surface area contributed by atoms with E-state index in [0.29, 0.717) is 10.5 Å². The lowest BCUT2D eigenvalue weighted by molar-refractivity contribution is 0.154. The number of carboxylic acid groups (broad SMARTS) is 1. The first-order valence-electron chi connectivity index (χ1n) is 5.14. The van der Waals surface area contributed by atoms with Crippen LogP contribution < -0.4 is 0 Å². The van der Waals surface area contributed by atoms with Crippen molar-refractivity contribution in [2.45, 2.75) is 6.50 Å². The molecule has 5 heteroatoms. The van der Waals surface area contributed by atoms with E-state index < -0.39 is 12.6 Å². The summed E-state index contributed by atoms with van der Waals surface area (Å²) in [5.41, 5.74) is 0.794. The Morgan fingerprint density at radius 2 is 2.20 bits per heavy atom. The Morgan fingerprint density at radius 3 is 2.67 bits per heavy atom. The molecule has 80 valence electrons. The summed E-state index contributed by atoms with van der Waals surface area (Å²) in [6, 6.07) is 5.94. The number of rotatable bonds is 3. The number of oxime groups is 1. The van der Waals surface area contributed by atoms with Gasteiger partial charge in [0.15, 0.2) is 0 Å². The summed E-state index contributed by atoms with van der Waals surface area (Å²) in [7, 11) is 1.16. The maximum atomic E-state index is 10.7. The van der Waals surface area contributed by atoms with E-state index in [1.807, 2.05) is 0 Å². The lowest BCUT2D eigenvalue weighted by Gasteiger charge is -2.12. The molecule has 1 rings (SSSR count). The molecule has 0 aliphatic heterocycles. The van der Waals surface area contributed by atoms with Crippen LogP contribution in [0.3, 0.4) is 0 Å². The highest BCUT2D eigenvalue weighted by Crippen LogP contribution is 2.05. The van der Waals surface area contributed by atoms with Crippen LogP contribution in [0.1, 0.15) is 13.9 Å². The molecule has 0 unspecified atom stereocenters. The largest absolute Gasteiger partial charge is 0.465 e. The lowest BCUT2D eigenvalue weighted by Crippen LogP contribution is -2.23. The highest BCUT2D eigenvalue weighted by molar-refractivity contribution is 5.78. The summed E-state index contributed by atoms with van der Waals surface area (Å²) < 4.78 is 15.4. The van der Waals surface area contributed by atoms with E-state index in [-0.39, 0.29) is 5.56 Å². The van der Waals surface area contributed by atoms with Crippen molar-refractivity contribution < 1.29 is 17.8 Å². The van der Waals surface area contributed by atoms with Crippen LogP contribution in [0.15, 0.2) is 29.4 Å². The van der Waals surface area contributed by atoms with Crippen molar-refractivity contribution in [3.8, 4) is 0 Å². The van der Waals surface area contributed by atoms with Crippen molar-refractivity contribution in [2.75, 3.05) is 7.05 Å². The normalized spacial score (nSPS) is 13.4. The SMILES string of the molecule is [2H]C([2H])(c1ccc(/C=N\O)cc1)N(C)C(=O)O. The minimum absolute atomic E-state index is 0.206. The van der Waals surface area contributed by atoms with Gasteiger partial charge in [-0.05, 0) is 11.1 Å². The summed E-state index contributed by atoms with van der Waals surface area (Å²) in [5, 5.41) is 19.9. The minimum atomic E-state index is -2.11. The quantitative estimate of drug-likeness (QED) is 0.452. The summed E-state index contributed by atoms with van der Waals surface area (Å²) >= 11 is 0. The van der Waals surface area contributed by atoms with E-state index in [9.17, 15) is 4.79 Å². The molecule has 0 saturated heterocycles. The molecule has 0 fully saturated rings. The minimum Gasteiger partial charge on any atom is -0.465 e. The lowest BCUT2D eigenvalue weighted by atomic mass is 10.1. The van der Waals surface area contributed by atoms with Crippen LogP contribution in [-0.2, 0) is 6.50 Å². The highest BCUT2D eigenvalue weighted by atomic mass is 16.4. The number of benzene rings is 1. The molecule has 0 saturated carbocycles. The Hall–Kier alpha value is -2.04. The Labute approximate surface area is 90.1 Å². The molecule has 5 nitrogen and oxygen atoms in total. The third-order valence-corrected chi connectivity index (χ3v) is 1.70. The molecule has 0 aliphatic carbocycles. The molecule has 0 radical (unpaired) electrons. The predicted octanol–water partition coefficient (Wildman–Crippen LogP) is 1.60. The molecule has 0 aromatic heterocycles. The van der Waals surface area contributed by atoms with Gasteiger partial charge in [-0.25, -0.2) is 4.79 Å². The predicted molar refractivity (Wildman–Crippen MR) is 55.3 cm³/mol. The molecule has 0 heterocycles. The average molecular weight is 210 g/mol. The zero-order valence-corrected chi connectivity index (χ0v) is 8.08. The molecule has 0 atom stereocenters. The fourth-order valence-electron chi connectivity index (χ4n) is 0.952. The molecule has 2 N–H and O–H groups in total. The van der Waals surface area contributed by atoms with Crippen LogP contribution >= 0.6 is 0 Å². The van der Waals surface area contributed by atoms with E-state index in [4.69, 9.17) is 13.1 Å². The summed E-state index contributed by atoms with van der Waals surface area (Å²) in [5.74, 6) is 0. The Morgan fingerprint density at radius 1 is 1.60 bits per heavy atom. The Balaban J connectivity index is 3.03. The molecular formula is C10H12N2O3. The third kappa shape index (κ3) is 3.30. The van der Waals surface area contributed by atoms with E-state index in [2.05, 4.69) is 5.16 Å². The molecule has 0 bridgehead atoms. The van der Waals surface area contributed by atoms with Crippen molar-refractivity contribution in [1.82, 2.24) is 4.90 Å². The van der Waals surface area contributed by atoms with Crippen LogP contribution in [0.4, 0.5) is 4.79 Å². The number of hydrogen-bond acceptors (Lipinski definition) is 3. The first-order valence-corrected chi connectivity index (χ1v) is 4.14.